The van der Waals surface area contributed by atoms with Crippen molar-refractivity contribution < 1.29 is 4.79 Å². The van der Waals surface area contributed by atoms with Crippen LogP contribution >= 0.6 is 0 Å². The molecule has 0 radical (unpaired) electrons. The Labute approximate surface area is 132 Å². The Kier molecular flexibility index (Phi) is 4.71. The molecule has 1 aromatic heterocycles. The van der Waals surface area contributed by atoms with Crippen molar-refractivity contribution in [3.8, 4) is 0 Å². The number of fused-ring (bicyclic) bond motifs is 1. The highest BCUT2D eigenvalue weighted by atomic mass is 16.2. The molecule has 2 aliphatic heterocycles. The van der Waals surface area contributed by atoms with Crippen molar-refractivity contribution in [1.29, 1.82) is 0 Å². The van der Waals surface area contributed by atoms with Crippen LogP contribution in [0.25, 0.3) is 0 Å². The van der Waals surface area contributed by atoms with Crippen LogP contribution in [-0.4, -0.2) is 52.4 Å². The number of hydrogen-bond acceptors (Lipinski definition) is 4. The fraction of sp³-hybridized carbons (Fsp3) is 0.706. The van der Waals surface area contributed by atoms with Crippen LogP contribution in [0.2, 0.25) is 0 Å². The van der Waals surface area contributed by atoms with Crippen molar-refractivity contribution in [3.63, 3.8) is 0 Å². The molecule has 120 valence electrons. The second-order valence-electron chi connectivity index (χ2n) is 6.62. The minimum absolute atomic E-state index is 0.256. The Bertz CT molecular complexity index is 545. The third-order valence-corrected chi connectivity index (χ3v) is 4.76. The molecule has 0 aromatic carbocycles. The largest absolute Gasteiger partial charge is 0.338 e. The summed E-state index contributed by atoms with van der Waals surface area (Å²) in [5.41, 5.74) is 2.28. The molecule has 0 aliphatic carbocycles. The summed E-state index contributed by atoms with van der Waals surface area (Å²) in [6.45, 7) is 5.76. The molecule has 0 N–H and O–H groups in total. The van der Waals surface area contributed by atoms with Gasteiger partial charge in [-0.1, -0.05) is 6.92 Å². The van der Waals surface area contributed by atoms with Crippen molar-refractivity contribution in [1.82, 2.24) is 19.8 Å². The highest BCUT2D eigenvalue weighted by Gasteiger charge is 2.25. The first kappa shape index (κ1) is 15.4. The maximum absolute atomic E-state index is 12.0. The van der Waals surface area contributed by atoms with E-state index >= 15 is 0 Å². The first-order chi connectivity index (χ1) is 10.7. The van der Waals surface area contributed by atoms with Crippen LogP contribution in [0.1, 0.15) is 55.6 Å². The summed E-state index contributed by atoms with van der Waals surface area (Å²) in [5.74, 6) is 1.72. The van der Waals surface area contributed by atoms with E-state index in [1.807, 2.05) is 18.0 Å². The van der Waals surface area contributed by atoms with Gasteiger partial charge in [0.2, 0.25) is 5.91 Å². The highest BCUT2D eigenvalue weighted by molar-refractivity contribution is 5.76. The summed E-state index contributed by atoms with van der Waals surface area (Å²) < 4.78 is 0. The lowest BCUT2D eigenvalue weighted by Gasteiger charge is -2.31. The summed E-state index contributed by atoms with van der Waals surface area (Å²) >= 11 is 0. The molecule has 1 atom stereocenters. The van der Waals surface area contributed by atoms with E-state index in [1.165, 1.54) is 19.4 Å². The molecular weight excluding hydrogens is 276 g/mol. The fourth-order valence-corrected chi connectivity index (χ4v) is 3.49. The first-order valence-corrected chi connectivity index (χ1v) is 8.48. The molecule has 22 heavy (non-hydrogen) atoms. The minimum atomic E-state index is 0.256. The average molecular weight is 302 g/mol. The number of hydrogen-bond donors (Lipinski definition) is 0. The molecule has 0 bridgehead atoms. The van der Waals surface area contributed by atoms with Gasteiger partial charge in [-0.05, 0) is 32.9 Å². The molecular formula is C17H26N4O. The predicted octanol–water partition coefficient (Wildman–Crippen LogP) is 1.97. The molecule has 5 nitrogen and oxygen atoms in total. The van der Waals surface area contributed by atoms with Gasteiger partial charge in [0, 0.05) is 50.2 Å². The van der Waals surface area contributed by atoms with Crippen LogP contribution in [0.15, 0.2) is 6.20 Å². The number of amides is 1. The molecule has 1 saturated heterocycles. The summed E-state index contributed by atoms with van der Waals surface area (Å²) in [7, 11) is 2.17. The highest BCUT2D eigenvalue weighted by Crippen LogP contribution is 2.25. The Morgan fingerprint density at radius 2 is 2.27 bits per heavy atom. The van der Waals surface area contributed by atoms with E-state index < -0.39 is 0 Å². The van der Waals surface area contributed by atoms with Gasteiger partial charge in [0.15, 0.2) is 0 Å². The number of carbonyl (C=O) groups excluding carboxylic acids is 1. The lowest BCUT2D eigenvalue weighted by molar-refractivity contribution is -0.132. The number of rotatable bonds is 3. The molecule has 1 fully saturated rings. The second-order valence-corrected chi connectivity index (χ2v) is 6.62. The van der Waals surface area contributed by atoms with E-state index in [0.29, 0.717) is 18.9 Å². The van der Waals surface area contributed by atoms with Gasteiger partial charge in [0.25, 0.3) is 0 Å². The zero-order valence-electron chi connectivity index (χ0n) is 13.7. The van der Waals surface area contributed by atoms with E-state index in [0.717, 1.165) is 43.0 Å². The predicted molar refractivity (Wildman–Crippen MR) is 85.5 cm³/mol. The van der Waals surface area contributed by atoms with Gasteiger partial charge in [-0.15, -0.1) is 0 Å². The van der Waals surface area contributed by atoms with Gasteiger partial charge in [-0.2, -0.15) is 0 Å². The lowest BCUT2D eigenvalue weighted by atomic mass is 9.97. The monoisotopic (exact) mass is 302 g/mol. The van der Waals surface area contributed by atoms with E-state index in [4.69, 9.17) is 4.98 Å². The van der Waals surface area contributed by atoms with E-state index in [2.05, 4.69) is 16.9 Å². The molecule has 3 rings (SSSR count). The van der Waals surface area contributed by atoms with Gasteiger partial charge in [0.1, 0.15) is 5.82 Å². The number of aromatic nitrogens is 2. The van der Waals surface area contributed by atoms with Crippen LogP contribution in [0.5, 0.6) is 0 Å². The average Bonchev–Trinajstić information content (AvgIpc) is 2.54. The van der Waals surface area contributed by atoms with Gasteiger partial charge in [-0.25, -0.2) is 9.97 Å². The summed E-state index contributed by atoms with van der Waals surface area (Å²) in [4.78, 5) is 25.8. The topological polar surface area (TPSA) is 49.3 Å². The molecule has 3 heterocycles. The van der Waals surface area contributed by atoms with Gasteiger partial charge in [-0.3, -0.25) is 4.79 Å². The molecule has 1 aromatic rings. The maximum atomic E-state index is 12.0. The van der Waals surface area contributed by atoms with Crippen LogP contribution in [-0.2, 0) is 17.8 Å². The molecule has 0 saturated carbocycles. The third kappa shape index (κ3) is 3.29. The smallest absolute Gasteiger partial charge is 0.222 e. The van der Waals surface area contributed by atoms with Crippen LogP contribution in [0.3, 0.4) is 0 Å². The zero-order valence-corrected chi connectivity index (χ0v) is 13.7. The van der Waals surface area contributed by atoms with Crippen molar-refractivity contribution in [2.75, 3.05) is 26.7 Å². The lowest BCUT2D eigenvalue weighted by Crippen LogP contribution is -2.37. The normalized spacial score (nSPS) is 22.5. The summed E-state index contributed by atoms with van der Waals surface area (Å²) in [6.07, 6.45) is 6.78. The number of nitrogens with zero attached hydrogens (tertiary/aromatic N) is 4. The summed E-state index contributed by atoms with van der Waals surface area (Å²) in [6, 6.07) is 0. The summed E-state index contributed by atoms with van der Waals surface area (Å²) in [5, 5.41) is 0. The standard InChI is InChI=1S/C17H26N4O/c1-3-5-16(22)21-9-7-15-14(12-21)10-18-17(19-15)13-6-4-8-20(2)11-13/h10,13H,3-9,11-12H2,1-2H3/t13-/m0/s1. The van der Waals surface area contributed by atoms with Gasteiger partial charge in [0.05, 0.1) is 5.69 Å². The number of likely N-dealkylation sites (N-methyl/N-ethyl adjacent to an activating group) is 1. The quantitative estimate of drug-likeness (QED) is 0.856. The molecule has 2 aliphatic rings. The Hall–Kier alpha value is -1.49. The van der Waals surface area contributed by atoms with E-state index in [1.54, 1.807) is 0 Å². The van der Waals surface area contributed by atoms with Crippen molar-refractivity contribution in [2.24, 2.45) is 0 Å². The minimum Gasteiger partial charge on any atom is -0.338 e. The van der Waals surface area contributed by atoms with Gasteiger partial charge >= 0.3 is 0 Å². The zero-order chi connectivity index (χ0) is 15.5. The van der Waals surface area contributed by atoms with Crippen molar-refractivity contribution in [2.45, 2.75) is 51.5 Å². The first-order valence-electron chi connectivity index (χ1n) is 8.48. The number of piperidine rings is 1. The number of carbonyl (C=O) groups is 1. The Morgan fingerprint density at radius 1 is 1.41 bits per heavy atom. The molecule has 5 heteroatoms. The second kappa shape index (κ2) is 6.73. The van der Waals surface area contributed by atoms with Crippen molar-refractivity contribution in [3.05, 3.63) is 23.3 Å². The Morgan fingerprint density at radius 3 is 3.05 bits per heavy atom. The molecule has 0 spiro atoms. The van der Waals surface area contributed by atoms with Crippen LogP contribution in [0.4, 0.5) is 0 Å². The number of likely N-dealkylation sites (tertiary alicyclic amines) is 1. The fourth-order valence-electron chi connectivity index (χ4n) is 3.49. The van der Waals surface area contributed by atoms with Crippen LogP contribution < -0.4 is 0 Å². The molecule has 0 unspecified atom stereocenters. The maximum Gasteiger partial charge on any atom is 0.222 e. The third-order valence-electron chi connectivity index (χ3n) is 4.76. The SMILES string of the molecule is CCCC(=O)N1CCc2nc([C@H]3CCCN(C)C3)ncc2C1. The molecule has 1 amide bonds. The van der Waals surface area contributed by atoms with Crippen molar-refractivity contribution >= 4 is 5.91 Å². The van der Waals surface area contributed by atoms with E-state index in [-0.39, 0.29) is 5.91 Å². The Balaban J connectivity index is 1.72. The van der Waals surface area contributed by atoms with E-state index in [9.17, 15) is 4.79 Å². The van der Waals surface area contributed by atoms with Crippen LogP contribution in [0, 0.1) is 0 Å². The van der Waals surface area contributed by atoms with Gasteiger partial charge < -0.3 is 9.80 Å².